The van der Waals surface area contributed by atoms with Crippen LogP contribution in [0.2, 0.25) is 0 Å². The zero-order chi connectivity index (χ0) is 15.8. The van der Waals surface area contributed by atoms with Crippen molar-refractivity contribution in [3.8, 4) is 6.07 Å². The third-order valence-corrected chi connectivity index (χ3v) is 5.32. The highest BCUT2D eigenvalue weighted by molar-refractivity contribution is 5.72. The molecule has 0 unspecified atom stereocenters. The van der Waals surface area contributed by atoms with Gasteiger partial charge in [0.05, 0.1) is 12.0 Å². The lowest BCUT2D eigenvalue weighted by Crippen LogP contribution is -2.30. The van der Waals surface area contributed by atoms with Gasteiger partial charge in [0.2, 0.25) is 0 Å². The van der Waals surface area contributed by atoms with Gasteiger partial charge in [-0.15, -0.1) is 0 Å². The second-order valence-corrected chi connectivity index (χ2v) is 6.97. The molecule has 2 aliphatic rings. The SMILES string of the molecule is CCCC1CCC(OC(=O)C2CCC(C=CC#N)CC2)CC1. The average molecular weight is 303 g/mol. The smallest absolute Gasteiger partial charge is 0.309 e. The summed E-state index contributed by atoms with van der Waals surface area (Å²) in [5.41, 5.74) is 0. The highest BCUT2D eigenvalue weighted by Crippen LogP contribution is 2.33. The molecule has 0 amide bonds. The number of esters is 1. The van der Waals surface area contributed by atoms with Crippen molar-refractivity contribution in [2.45, 2.75) is 77.2 Å². The van der Waals surface area contributed by atoms with Crippen LogP contribution in [0, 0.1) is 29.1 Å². The molecule has 2 rings (SSSR count). The third kappa shape index (κ3) is 5.16. The summed E-state index contributed by atoms with van der Waals surface area (Å²) in [4.78, 5) is 12.3. The van der Waals surface area contributed by atoms with Gasteiger partial charge in [0, 0.05) is 6.08 Å². The Morgan fingerprint density at radius 2 is 1.82 bits per heavy atom. The van der Waals surface area contributed by atoms with Crippen LogP contribution in [-0.4, -0.2) is 12.1 Å². The fourth-order valence-electron chi connectivity index (χ4n) is 3.93. The molecule has 0 bridgehead atoms. The lowest BCUT2D eigenvalue weighted by molar-refractivity contribution is -0.157. The number of hydrogen-bond donors (Lipinski definition) is 0. The number of ether oxygens (including phenoxy) is 1. The number of nitriles is 1. The van der Waals surface area contributed by atoms with E-state index in [4.69, 9.17) is 10.00 Å². The van der Waals surface area contributed by atoms with E-state index in [-0.39, 0.29) is 18.0 Å². The molecule has 3 heteroatoms. The van der Waals surface area contributed by atoms with E-state index in [0.717, 1.165) is 44.4 Å². The quantitative estimate of drug-likeness (QED) is 0.542. The van der Waals surface area contributed by atoms with Crippen LogP contribution >= 0.6 is 0 Å². The van der Waals surface area contributed by atoms with E-state index >= 15 is 0 Å². The minimum atomic E-state index is 0.0293. The molecule has 0 heterocycles. The lowest BCUT2D eigenvalue weighted by Gasteiger charge is -2.31. The molecule has 122 valence electrons. The van der Waals surface area contributed by atoms with Gasteiger partial charge in [-0.1, -0.05) is 25.8 Å². The first kappa shape index (κ1) is 17.1. The van der Waals surface area contributed by atoms with Gasteiger partial charge in [-0.3, -0.25) is 4.79 Å². The molecule has 0 radical (unpaired) electrons. The summed E-state index contributed by atoms with van der Waals surface area (Å²) < 4.78 is 5.76. The number of hydrogen-bond acceptors (Lipinski definition) is 3. The standard InChI is InChI=1S/C19H29NO2/c1-2-4-15-8-12-18(13-9-15)22-19(21)17-10-6-16(7-11-17)5-3-14-20/h3,5,15-18H,2,4,6-13H2,1H3. The van der Waals surface area contributed by atoms with Gasteiger partial charge in [-0.25, -0.2) is 0 Å². The predicted octanol–water partition coefficient (Wildman–Crippen LogP) is 4.77. The Labute approximate surface area is 134 Å². The Bertz CT molecular complexity index is 408. The summed E-state index contributed by atoms with van der Waals surface area (Å²) in [5.74, 6) is 1.43. The second kappa shape index (κ2) is 8.98. The predicted molar refractivity (Wildman–Crippen MR) is 86.9 cm³/mol. The number of allylic oxidation sites excluding steroid dienone is 2. The van der Waals surface area contributed by atoms with Crippen LogP contribution in [0.25, 0.3) is 0 Å². The van der Waals surface area contributed by atoms with Gasteiger partial charge in [0.1, 0.15) is 6.10 Å². The maximum atomic E-state index is 12.3. The highest BCUT2D eigenvalue weighted by atomic mass is 16.5. The van der Waals surface area contributed by atoms with Crippen LogP contribution in [0.1, 0.15) is 71.1 Å². The zero-order valence-corrected chi connectivity index (χ0v) is 13.8. The van der Waals surface area contributed by atoms with E-state index in [2.05, 4.69) is 6.92 Å². The van der Waals surface area contributed by atoms with E-state index in [9.17, 15) is 4.79 Å². The molecule has 2 fully saturated rings. The van der Waals surface area contributed by atoms with Crippen molar-refractivity contribution in [1.29, 1.82) is 5.26 Å². The molecule has 0 aliphatic heterocycles. The number of carbonyl (C=O) groups excluding carboxylic acids is 1. The van der Waals surface area contributed by atoms with Crippen LogP contribution in [0.5, 0.6) is 0 Å². The molecule has 0 atom stereocenters. The third-order valence-electron chi connectivity index (χ3n) is 5.32. The molecule has 0 aromatic carbocycles. The summed E-state index contributed by atoms with van der Waals surface area (Å²) in [7, 11) is 0. The number of carbonyl (C=O) groups is 1. The highest BCUT2D eigenvalue weighted by Gasteiger charge is 2.29. The first-order valence-corrected chi connectivity index (χ1v) is 8.99. The summed E-state index contributed by atoms with van der Waals surface area (Å²) in [5, 5.41) is 8.56. The molecule has 0 aromatic rings. The molecular formula is C19H29NO2. The van der Waals surface area contributed by atoms with E-state index < -0.39 is 0 Å². The largest absolute Gasteiger partial charge is 0.462 e. The molecule has 0 saturated heterocycles. The fraction of sp³-hybridized carbons (Fsp3) is 0.789. The molecule has 2 aliphatic carbocycles. The van der Waals surface area contributed by atoms with Gasteiger partial charge >= 0.3 is 5.97 Å². The van der Waals surface area contributed by atoms with E-state index in [1.807, 2.05) is 12.1 Å². The van der Waals surface area contributed by atoms with Crippen molar-refractivity contribution in [3.05, 3.63) is 12.2 Å². The van der Waals surface area contributed by atoms with Gasteiger partial charge < -0.3 is 4.74 Å². The van der Waals surface area contributed by atoms with E-state index in [1.54, 1.807) is 6.08 Å². The summed E-state index contributed by atoms with van der Waals surface area (Å²) in [6.07, 6.45) is 14.7. The Kier molecular flexibility index (Phi) is 6.96. The van der Waals surface area contributed by atoms with Crippen LogP contribution in [0.3, 0.4) is 0 Å². The molecule has 22 heavy (non-hydrogen) atoms. The summed E-state index contributed by atoms with van der Waals surface area (Å²) in [6.45, 7) is 2.24. The normalized spacial score (nSPS) is 32.5. The van der Waals surface area contributed by atoms with Crippen LogP contribution < -0.4 is 0 Å². The maximum absolute atomic E-state index is 12.3. The first-order valence-electron chi connectivity index (χ1n) is 8.99. The molecule has 0 spiro atoms. The Morgan fingerprint density at radius 3 is 2.41 bits per heavy atom. The Hall–Kier alpha value is -1.30. The van der Waals surface area contributed by atoms with Crippen LogP contribution in [0.15, 0.2) is 12.2 Å². The molecule has 0 N–H and O–H groups in total. The van der Waals surface area contributed by atoms with Crippen molar-refractivity contribution in [3.63, 3.8) is 0 Å². The zero-order valence-electron chi connectivity index (χ0n) is 13.8. The average Bonchev–Trinajstić information content (AvgIpc) is 2.55. The Balaban J connectivity index is 1.68. The summed E-state index contributed by atoms with van der Waals surface area (Å²) >= 11 is 0. The molecule has 3 nitrogen and oxygen atoms in total. The van der Waals surface area contributed by atoms with Gasteiger partial charge in [-0.2, -0.15) is 5.26 Å². The topological polar surface area (TPSA) is 50.1 Å². The van der Waals surface area contributed by atoms with Crippen molar-refractivity contribution in [1.82, 2.24) is 0 Å². The fourth-order valence-corrected chi connectivity index (χ4v) is 3.93. The van der Waals surface area contributed by atoms with E-state index in [1.165, 1.54) is 25.7 Å². The van der Waals surface area contributed by atoms with Crippen molar-refractivity contribution >= 4 is 5.97 Å². The van der Waals surface area contributed by atoms with Crippen molar-refractivity contribution in [2.75, 3.05) is 0 Å². The second-order valence-electron chi connectivity index (χ2n) is 6.97. The number of rotatable bonds is 5. The Morgan fingerprint density at radius 1 is 1.14 bits per heavy atom. The summed E-state index contributed by atoms with van der Waals surface area (Å²) in [6, 6.07) is 2.04. The lowest BCUT2D eigenvalue weighted by atomic mass is 9.81. The van der Waals surface area contributed by atoms with Gasteiger partial charge in [0.15, 0.2) is 0 Å². The minimum absolute atomic E-state index is 0.0293. The van der Waals surface area contributed by atoms with Gasteiger partial charge in [-0.05, 0) is 63.2 Å². The van der Waals surface area contributed by atoms with Gasteiger partial charge in [0.25, 0.3) is 0 Å². The van der Waals surface area contributed by atoms with Crippen molar-refractivity contribution in [2.24, 2.45) is 17.8 Å². The molecule has 0 aromatic heterocycles. The molecular weight excluding hydrogens is 274 g/mol. The molecule has 2 saturated carbocycles. The first-order chi connectivity index (χ1) is 10.7. The monoisotopic (exact) mass is 303 g/mol. The van der Waals surface area contributed by atoms with E-state index in [0.29, 0.717) is 5.92 Å². The van der Waals surface area contributed by atoms with Crippen LogP contribution in [0.4, 0.5) is 0 Å². The van der Waals surface area contributed by atoms with Crippen molar-refractivity contribution < 1.29 is 9.53 Å². The van der Waals surface area contributed by atoms with Crippen LogP contribution in [-0.2, 0) is 9.53 Å². The maximum Gasteiger partial charge on any atom is 0.309 e. The minimum Gasteiger partial charge on any atom is -0.462 e. The number of nitrogens with zero attached hydrogens (tertiary/aromatic N) is 1.